The topological polar surface area (TPSA) is 57.6 Å². The molecule has 4 nitrogen and oxygen atoms in total. The summed E-state index contributed by atoms with van der Waals surface area (Å²) in [5, 5.41) is 9.25. The van der Waals surface area contributed by atoms with Crippen LogP contribution >= 0.6 is 23.5 Å². The molecule has 1 fully saturated rings. The molecule has 0 saturated carbocycles. The zero-order chi connectivity index (χ0) is 15.4. The molecule has 21 heavy (non-hydrogen) atoms. The summed E-state index contributed by atoms with van der Waals surface area (Å²) in [6.07, 6.45) is 2.79. The average Bonchev–Trinajstić information content (AvgIpc) is 2.91. The van der Waals surface area contributed by atoms with Crippen LogP contribution in [0.1, 0.15) is 29.3 Å². The Kier molecular flexibility index (Phi) is 5.58. The van der Waals surface area contributed by atoms with E-state index < -0.39 is 12.0 Å². The highest BCUT2D eigenvalue weighted by atomic mass is 32.2. The van der Waals surface area contributed by atoms with Gasteiger partial charge in [0.1, 0.15) is 6.04 Å². The molecule has 1 aliphatic rings. The van der Waals surface area contributed by atoms with Crippen LogP contribution in [0.15, 0.2) is 24.3 Å². The minimum Gasteiger partial charge on any atom is -0.480 e. The monoisotopic (exact) mass is 325 g/mol. The second kappa shape index (κ2) is 7.22. The van der Waals surface area contributed by atoms with E-state index in [1.54, 1.807) is 35.7 Å². The van der Waals surface area contributed by atoms with E-state index in [9.17, 15) is 14.7 Å². The van der Waals surface area contributed by atoms with E-state index in [0.717, 1.165) is 17.7 Å². The molecule has 1 aliphatic heterocycles. The van der Waals surface area contributed by atoms with E-state index in [1.807, 2.05) is 25.3 Å². The molecule has 1 aromatic carbocycles. The maximum atomic E-state index is 12.6. The highest BCUT2D eigenvalue weighted by Gasteiger charge is 2.40. The number of rotatable bonds is 5. The first-order valence-corrected chi connectivity index (χ1v) is 9.27. The van der Waals surface area contributed by atoms with E-state index in [1.165, 1.54) is 4.90 Å². The lowest BCUT2D eigenvalue weighted by Crippen LogP contribution is -2.45. The van der Waals surface area contributed by atoms with Crippen molar-refractivity contribution >= 4 is 35.4 Å². The minimum atomic E-state index is -0.925. The lowest BCUT2D eigenvalue weighted by atomic mass is 10.1. The van der Waals surface area contributed by atoms with Crippen LogP contribution in [0.4, 0.5) is 0 Å². The number of benzene rings is 1. The number of carboxylic acid groups (broad SMARTS) is 1. The first-order chi connectivity index (χ1) is 10.1. The second-order valence-corrected chi connectivity index (χ2v) is 6.97. The smallest absolute Gasteiger partial charge is 0.327 e. The van der Waals surface area contributed by atoms with E-state index in [0.29, 0.717) is 11.3 Å². The fourth-order valence-electron chi connectivity index (χ4n) is 2.40. The van der Waals surface area contributed by atoms with Gasteiger partial charge in [-0.2, -0.15) is 11.8 Å². The third-order valence-corrected chi connectivity index (χ3v) is 5.55. The fourth-order valence-corrected chi connectivity index (χ4v) is 4.27. The van der Waals surface area contributed by atoms with Gasteiger partial charge in [-0.25, -0.2) is 4.79 Å². The van der Waals surface area contributed by atoms with Gasteiger partial charge in [-0.3, -0.25) is 4.79 Å². The number of aliphatic carboxylic acids is 1. The Morgan fingerprint density at radius 1 is 1.38 bits per heavy atom. The molecule has 1 heterocycles. The van der Waals surface area contributed by atoms with Crippen LogP contribution in [0, 0.1) is 0 Å². The molecule has 1 N–H and O–H groups in total. The molecule has 0 aromatic heterocycles. The third-order valence-electron chi connectivity index (χ3n) is 3.47. The number of hydrogen-bond acceptors (Lipinski definition) is 4. The number of carbonyl (C=O) groups is 2. The predicted octanol–water partition coefficient (Wildman–Crippen LogP) is 2.93. The molecule has 1 aromatic rings. The standard InChI is InChI=1S/C15H19NO3S2/c1-3-13-16(12(9-21-13)15(18)19)14(17)11-6-4-10(5-7-11)8-20-2/h4-7,12-13H,3,8-9H2,1-2H3,(H,18,19). The highest BCUT2D eigenvalue weighted by Crippen LogP contribution is 2.32. The van der Waals surface area contributed by atoms with Gasteiger partial charge in [-0.05, 0) is 30.4 Å². The van der Waals surface area contributed by atoms with Crippen molar-refractivity contribution in [3.63, 3.8) is 0 Å². The molecule has 0 aliphatic carbocycles. The SMILES string of the molecule is CCC1SCC(C(=O)O)N1C(=O)c1ccc(CSC)cc1. The highest BCUT2D eigenvalue weighted by molar-refractivity contribution is 8.00. The fraction of sp³-hybridized carbons (Fsp3) is 0.467. The Morgan fingerprint density at radius 2 is 2.05 bits per heavy atom. The number of hydrogen-bond donors (Lipinski definition) is 1. The van der Waals surface area contributed by atoms with Crippen LogP contribution in [-0.2, 0) is 10.5 Å². The molecule has 2 unspecified atom stereocenters. The third kappa shape index (κ3) is 3.55. The second-order valence-electron chi connectivity index (χ2n) is 4.89. The van der Waals surface area contributed by atoms with Gasteiger partial charge in [0.2, 0.25) is 0 Å². The van der Waals surface area contributed by atoms with Crippen molar-refractivity contribution in [2.45, 2.75) is 30.5 Å². The molecule has 6 heteroatoms. The molecular weight excluding hydrogens is 306 g/mol. The van der Waals surface area contributed by atoms with Gasteiger partial charge in [0, 0.05) is 17.1 Å². The number of nitrogens with zero attached hydrogens (tertiary/aromatic N) is 1. The Hall–Kier alpha value is -1.14. The largest absolute Gasteiger partial charge is 0.480 e. The summed E-state index contributed by atoms with van der Waals surface area (Å²) in [5.41, 5.74) is 1.73. The normalized spacial score (nSPS) is 21.5. The summed E-state index contributed by atoms with van der Waals surface area (Å²) in [6.45, 7) is 1.98. The molecule has 0 radical (unpaired) electrons. The molecule has 2 rings (SSSR count). The van der Waals surface area contributed by atoms with Crippen molar-refractivity contribution in [2.75, 3.05) is 12.0 Å². The summed E-state index contributed by atoms with van der Waals surface area (Å²) in [4.78, 5) is 25.5. The van der Waals surface area contributed by atoms with Gasteiger partial charge in [-0.1, -0.05) is 19.1 Å². The maximum absolute atomic E-state index is 12.6. The average molecular weight is 325 g/mol. The Bertz CT molecular complexity index is 518. The van der Waals surface area contributed by atoms with Crippen LogP contribution in [0.5, 0.6) is 0 Å². The Balaban J connectivity index is 2.21. The van der Waals surface area contributed by atoms with Gasteiger partial charge in [-0.15, -0.1) is 11.8 Å². The molecule has 114 valence electrons. The van der Waals surface area contributed by atoms with E-state index >= 15 is 0 Å². The summed E-state index contributed by atoms with van der Waals surface area (Å²) in [6, 6.07) is 6.73. The van der Waals surface area contributed by atoms with Gasteiger partial charge in [0.25, 0.3) is 5.91 Å². The number of carboxylic acids is 1. The van der Waals surface area contributed by atoms with Crippen molar-refractivity contribution in [3.8, 4) is 0 Å². The first kappa shape index (κ1) is 16.2. The van der Waals surface area contributed by atoms with E-state index in [4.69, 9.17) is 0 Å². The number of carbonyl (C=O) groups excluding carboxylic acids is 1. The summed E-state index contributed by atoms with van der Waals surface area (Å²) >= 11 is 3.27. The molecule has 1 amide bonds. The van der Waals surface area contributed by atoms with Crippen LogP contribution in [0.25, 0.3) is 0 Å². The van der Waals surface area contributed by atoms with Gasteiger partial charge in [0.05, 0.1) is 5.37 Å². The first-order valence-electron chi connectivity index (χ1n) is 6.83. The van der Waals surface area contributed by atoms with Crippen molar-refractivity contribution in [1.82, 2.24) is 4.90 Å². The van der Waals surface area contributed by atoms with Gasteiger partial charge < -0.3 is 10.0 Å². The zero-order valence-electron chi connectivity index (χ0n) is 12.1. The lowest BCUT2D eigenvalue weighted by molar-refractivity contribution is -0.141. The molecule has 0 spiro atoms. The zero-order valence-corrected chi connectivity index (χ0v) is 13.7. The predicted molar refractivity (Wildman–Crippen MR) is 87.8 cm³/mol. The quantitative estimate of drug-likeness (QED) is 0.902. The minimum absolute atomic E-state index is 0.0514. The molecular formula is C15H19NO3S2. The Labute approximate surface area is 133 Å². The maximum Gasteiger partial charge on any atom is 0.327 e. The number of amides is 1. The Morgan fingerprint density at radius 3 is 2.57 bits per heavy atom. The van der Waals surface area contributed by atoms with E-state index in [2.05, 4.69) is 0 Å². The lowest BCUT2D eigenvalue weighted by Gasteiger charge is -2.26. The van der Waals surface area contributed by atoms with E-state index in [-0.39, 0.29) is 11.3 Å². The van der Waals surface area contributed by atoms with Gasteiger partial charge >= 0.3 is 5.97 Å². The van der Waals surface area contributed by atoms with Crippen LogP contribution in [-0.4, -0.2) is 45.3 Å². The summed E-state index contributed by atoms with van der Waals surface area (Å²) in [5.74, 6) is 0.258. The van der Waals surface area contributed by atoms with Crippen molar-refractivity contribution in [2.24, 2.45) is 0 Å². The van der Waals surface area contributed by atoms with Crippen LogP contribution < -0.4 is 0 Å². The summed E-state index contributed by atoms with van der Waals surface area (Å²) < 4.78 is 0. The van der Waals surface area contributed by atoms with Crippen molar-refractivity contribution in [3.05, 3.63) is 35.4 Å². The summed E-state index contributed by atoms with van der Waals surface area (Å²) in [7, 11) is 0. The van der Waals surface area contributed by atoms with Crippen molar-refractivity contribution < 1.29 is 14.7 Å². The molecule has 0 bridgehead atoms. The molecule has 2 atom stereocenters. The van der Waals surface area contributed by atoms with Crippen molar-refractivity contribution in [1.29, 1.82) is 0 Å². The van der Waals surface area contributed by atoms with Crippen LogP contribution in [0.2, 0.25) is 0 Å². The van der Waals surface area contributed by atoms with Gasteiger partial charge in [0.15, 0.2) is 0 Å². The molecule has 1 saturated heterocycles. The van der Waals surface area contributed by atoms with Crippen LogP contribution in [0.3, 0.4) is 0 Å². The number of thioether (sulfide) groups is 2.